The monoisotopic (exact) mass is 304 g/mol. The van der Waals surface area contributed by atoms with Gasteiger partial charge in [-0.15, -0.1) is 0 Å². The van der Waals surface area contributed by atoms with Crippen LogP contribution >= 0.6 is 0 Å². The van der Waals surface area contributed by atoms with Gasteiger partial charge in [0.25, 0.3) is 11.8 Å². The number of aliphatic hydroxyl groups is 1. The van der Waals surface area contributed by atoms with Crippen LogP contribution in [0.5, 0.6) is 0 Å². The first kappa shape index (κ1) is 14.3. The summed E-state index contributed by atoms with van der Waals surface area (Å²) in [4.78, 5) is 29.4. The standard InChI is InChI=1S/C14H16N4O4/c15-13(20)11-4-9-10(6-18(22)12(9)5-16-11)14(21)17-3-1-2-8(17)7-19/h4-6,8,19,22H,1-3,7H2,(H2,15,20)/t8-/m0/s1. The average Bonchev–Trinajstić information content (AvgIpc) is 3.11. The predicted molar refractivity (Wildman–Crippen MR) is 76.6 cm³/mol. The lowest BCUT2D eigenvalue weighted by Crippen LogP contribution is -2.37. The SMILES string of the molecule is NC(=O)c1cc2c(C(=O)N3CCC[C@H]3CO)cn(O)c2cn1. The first-order valence-corrected chi connectivity index (χ1v) is 6.95. The van der Waals surface area contributed by atoms with Crippen LogP contribution in [0.25, 0.3) is 10.9 Å². The summed E-state index contributed by atoms with van der Waals surface area (Å²) < 4.78 is 0.796. The molecule has 4 N–H and O–H groups in total. The van der Waals surface area contributed by atoms with E-state index < -0.39 is 5.91 Å². The molecule has 1 saturated heterocycles. The molecule has 1 aliphatic heterocycles. The molecule has 116 valence electrons. The number of hydrogen-bond donors (Lipinski definition) is 3. The number of aromatic nitrogens is 2. The van der Waals surface area contributed by atoms with Gasteiger partial charge in [0.15, 0.2) is 0 Å². The molecule has 0 aromatic carbocycles. The third-order valence-corrected chi connectivity index (χ3v) is 4.00. The maximum atomic E-state index is 12.7. The Labute approximate surface area is 125 Å². The second-order valence-corrected chi connectivity index (χ2v) is 5.32. The molecule has 1 atom stereocenters. The van der Waals surface area contributed by atoms with Gasteiger partial charge in [-0.1, -0.05) is 0 Å². The molecule has 0 saturated carbocycles. The van der Waals surface area contributed by atoms with Crippen molar-refractivity contribution < 1.29 is 19.9 Å². The number of likely N-dealkylation sites (tertiary alicyclic amines) is 1. The summed E-state index contributed by atoms with van der Waals surface area (Å²) in [6.45, 7) is 0.452. The largest absolute Gasteiger partial charge is 0.428 e. The van der Waals surface area contributed by atoms with E-state index in [-0.39, 0.29) is 29.8 Å². The number of nitrogens with two attached hydrogens (primary N) is 1. The van der Waals surface area contributed by atoms with Gasteiger partial charge in [-0.05, 0) is 18.9 Å². The summed E-state index contributed by atoms with van der Waals surface area (Å²) in [5.41, 5.74) is 5.79. The van der Waals surface area contributed by atoms with E-state index in [0.717, 1.165) is 17.6 Å². The van der Waals surface area contributed by atoms with Crippen molar-refractivity contribution >= 4 is 22.7 Å². The first-order chi connectivity index (χ1) is 10.5. The van der Waals surface area contributed by atoms with Crippen LogP contribution in [-0.4, -0.2) is 55.9 Å². The van der Waals surface area contributed by atoms with Crippen LogP contribution in [0.15, 0.2) is 18.5 Å². The van der Waals surface area contributed by atoms with Crippen molar-refractivity contribution in [2.45, 2.75) is 18.9 Å². The Kier molecular flexibility index (Phi) is 3.45. The van der Waals surface area contributed by atoms with Gasteiger partial charge in [0.05, 0.1) is 30.6 Å². The van der Waals surface area contributed by atoms with Gasteiger partial charge in [0, 0.05) is 11.9 Å². The molecule has 2 aromatic heterocycles. The second kappa shape index (κ2) is 5.30. The number of hydrogen-bond acceptors (Lipinski definition) is 5. The van der Waals surface area contributed by atoms with Crippen LogP contribution in [0.4, 0.5) is 0 Å². The van der Waals surface area contributed by atoms with E-state index in [9.17, 15) is 19.9 Å². The molecule has 0 spiro atoms. The van der Waals surface area contributed by atoms with Gasteiger partial charge in [-0.2, -0.15) is 4.73 Å². The van der Waals surface area contributed by atoms with Crippen molar-refractivity contribution in [2.24, 2.45) is 5.73 Å². The number of primary amides is 1. The maximum Gasteiger partial charge on any atom is 0.267 e. The fraction of sp³-hybridized carbons (Fsp3) is 0.357. The number of rotatable bonds is 3. The zero-order valence-electron chi connectivity index (χ0n) is 11.8. The lowest BCUT2D eigenvalue weighted by molar-refractivity contribution is 0.0677. The Morgan fingerprint density at radius 1 is 1.45 bits per heavy atom. The highest BCUT2D eigenvalue weighted by Gasteiger charge is 2.30. The number of nitrogens with zero attached hydrogens (tertiary/aromatic N) is 3. The molecular formula is C14H16N4O4. The lowest BCUT2D eigenvalue weighted by atomic mass is 10.1. The van der Waals surface area contributed by atoms with Gasteiger partial charge >= 0.3 is 0 Å². The summed E-state index contributed by atoms with van der Waals surface area (Å²) in [5, 5.41) is 19.6. The zero-order valence-corrected chi connectivity index (χ0v) is 11.8. The van der Waals surface area contributed by atoms with Gasteiger partial charge in [-0.3, -0.25) is 9.59 Å². The Bertz CT molecular complexity index is 755. The summed E-state index contributed by atoms with van der Waals surface area (Å²) in [6, 6.07) is 1.17. The molecule has 0 radical (unpaired) electrons. The first-order valence-electron chi connectivity index (χ1n) is 6.95. The number of aliphatic hydroxyl groups excluding tert-OH is 1. The van der Waals surface area contributed by atoms with E-state index in [1.165, 1.54) is 18.5 Å². The number of fused-ring (bicyclic) bond motifs is 1. The average molecular weight is 304 g/mol. The van der Waals surface area contributed by atoms with Crippen LogP contribution in [0.2, 0.25) is 0 Å². The predicted octanol–water partition coefficient (Wildman–Crippen LogP) is -0.0306. The van der Waals surface area contributed by atoms with Gasteiger partial charge in [0.1, 0.15) is 11.2 Å². The molecule has 2 amide bonds. The molecular weight excluding hydrogens is 288 g/mol. The van der Waals surface area contributed by atoms with E-state index in [0.29, 0.717) is 17.4 Å². The van der Waals surface area contributed by atoms with E-state index in [2.05, 4.69) is 4.98 Å². The minimum atomic E-state index is -0.708. The molecule has 3 heterocycles. The molecule has 0 bridgehead atoms. The fourth-order valence-electron chi connectivity index (χ4n) is 2.86. The number of amides is 2. The molecule has 2 aromatic rings. The molecule has 0 aliphatic carbocycles. The summed E-state index contributed by atoms with van der Waals surface area (Å²) >= 11 is 0. The quantitative estimate of drug-likeness (QED) is 0.687. The van der Waals surface area contributed by atoms with Crippen molar-refractivity contribution in [1.29, 1.82) is 0 Å². The topological polar surface area (TPSA) is 122 Å². The Morgan fingerprint density at radius 2 is 2.23 bits per heavy atom. The van der Waals surface area contributed by atoms with E-state index in [4.69, 9.17) is 5.73 Å². The van der Waals surface area contributed by atoms with Crippen LogP contribution in [0.3, 0.4) is 0 Å². The third kappa shape index (κ3) is 2.17. The molecule has 22 heavy (non-hydrogen) atoms. The summed E-state index contributed by atoms with van der Waals surface area (Å²) in [6.07, 6.45) is 4.14. The Balaban J connectivity index is 2.08. The normalized spacial score (nSPS) is 18.0. The van der Waals surface area contributed by atoms with Crippen LogP contribution in [0.1, 0.15) is 33.7 Å². The van der Waals surface area contributed by atoms with Crippen LogP contribution in [-0.2, 0) is 0 Å². The number of carbonyl (C=O) groups is 2. The van der Waals surface area contributed by atoms with Gasteiger partial charge in [-0.25, -0.2) is 4.98 Å². The van der Waals surface area contributed by atoms with Crippen molar-refractivity contribution in [3.63, 3.8) is 0 Å². The van der Waals surface area contributed by atoms with E-state index in [1.54, 1.807) is 4.90 Å². The molecule has 3 rings (SSSR count). The number of carbonyl (C=O) groups excluding carboxylic acids is 2. The highest BCUT2D eigenvalue weighted by Crippen LogP contribution is 2.25. The lowest BCUT2D eigenvalue weighted by Gasteiger charge is -2.22. The molecule has 8 nitrogen and oxygen atoms in total. The molecule has 8 heteroatoms. The van der Waals surface area contributed by atoms with Gasteiger partial charge < -0.3 is 20.9 Å². The Morgan fingerprint density at radius 3 is 2.91 bits per heavy atom. The smallest absolute Gasteiger partial charge is 0.267 e. The van der Waals surface area contributed by atoms with E-state index >= 15 is 0 Å². The van der Waals surface area contributed by atoms with Crippen molar-refractivity contribution in [3.8, 4) is 0 Å². The molecule has 0 unspecified atom stereocenters. The highest BCUT2D eigenvalue weighted by atomic mass is 16.5. The fourth-order valence-corrected chi connectivity index (χ4v) is 2.86. The third-order valence-electron chi connectivity index (χ3n) is 4.00. The maximum absolute atomic E-state index is 12.7. The summed E-state index contributed by atoms with van der Waals surface area (Å²) in [7, 11) is 0. The van der Waals surface area contributed by atoms with Crippen molar-refractivity contribution in [2.75, 3.05) is 13.2 Å². The minimum absolute atomic E-state index is 0.0212. The zero-order chi connectivity index (χ0) is 15.9. The minimum Gasteiger partial charge on any atom is -0.428 e. The Hall–Kier alpha value is -2.61. The van der Waals surface area contributed by atoms with Crippen molar-refractivity contribution in [3.05, 3.63) is 29.7 Å². The van der Waals surface area contributed by atoms with Crippen molar-refractivity contribution in [1.82, 2.24) is 14.6 Å². The highest BCUT2D eigenvalue weighted by molar-refractivity contribution is 6.08. The van der Waals surface area contributed by atoms with Crippen LogP contribution < -0.4 is 5.73 Å². The second-order valence-electron chi connectivity index (χ2n) is 5.32. The molecule has 1 aliphatic rings. The van der Waals surface area contributed by atoms with Gasteiger partial charge in [0.2, 0.25) is 0 Å². The molecule has 1 fully saturated rings. The number of pyridine rings is 1. The van der Waals surface area contributed by atoms with E-state index in [1.807, 2.05) is 0 Å². The summed E-state index contributed by atoms with van der Waals surface area (Å²) in [5.74, 6) is -1.00. The van der Waals surface area contributed by atoms with Crippen LogP contribution in [0, 0.1) is 0 Å².